The van der Waals surface area contributed by atoms with Crippen molar-refractivity contribution in [2.75, 3.05) is 20.1 Å². The fourth-order valence-electron chi connectivity index (χ4n) is 1.26. The molecule has 3 nitrogen and oxygen atoms in total. The predicted octanol–water partition coefficient (Wildman–Crippen LogP) is 1.02. The van der Waals surface area contributed by atoms with E-state index in [0.29, 0.717) is 18.4 Å². The van der Waals surface area contributed by atoms with Crippen LogP contribution in [0.15, 0.2) is 11.4 Å². The highest BCUT2D eigenvalue weighted by atomic mass is 19.1. The van der Waals surface area contributed by atoms with Crippen molar-refractivity contribution in [3.8, 4) is 0 Å². The van der Waals surface area contributed by atoms with Crippen molar-refractivity contribution in [1.29, 1.82) is 0 Å². The van der Waals surface area contributed by atoms with Gasteiger partial charge in [-0.1, -0.05) is 0 Å². The first-order valence-corrected chi connectivity index (χ1v) is 3.90. The van der Waals surface area contributed by atoms with Gasteiger partial charge in [0, 0.05) is 13.1 Å². The summed E-state index contributed by atoms with van der Waals surface area (Å²) in [6, 6.07) is 0. The molecule has 0 aromatic heterocycles. The van der Waals surface area contributed by atoms with Crippen molar-refractivity contribution in [1.82, 2.24) is 4.90 Å². The molecule has 0 aliphatic carbocycles. The minimum absolute atomic E-state index is 0.445. The molecule has 1 N–H and O–H groups in total. The molecule has 1 rings (SSSR count). The maximum Gasteiger partial charge on any atom is 0.364 e. The molecule has 1 fully saturated rings. The van der Waals surface area contributed by atoms with E-state index in [0.717, 1.165) is 13.1 Å². The zero-order chi connectivity index (χ0) is 9.14. The van der Waals surface area contributed by atoms with Gasteiger partial charge in [-0.05, 0) is 25.5 Å². The monoisotopic (exact) mass is 173 g/mol. The Hall–Kier alpha value is -0.900. The smallest absolute Gasteiger partial charge is 0.364 e. The summed E-state index contributed by atoms with van der Waals surface area (Å²) in [6.45, 7) is 1.49. The molecule has 0 aromatic rings. The first-order valence-electron chi connectivity index (χ1n) is 3.90. The lowest BCUT2D eigenvalue weighted by Crippen LogP contribution is -2.27. The molecule has 0 unspecified atom stereocenters. The second kappa shape index (κ2) is 3.67. The summed E-state index contributed by atoms with van der Waals surface area (Å²) in [5.74, 6) is -2.39. The number of aliphatic carboxylic acids is 1. The van der Waals surface area contributed by atoms with Crippen LogP contribution in [0.3, 0.4) is 0 Å². The molecule has 1 saturated heterocycles. The number of nitrogens with zero attached hydrogens (tertiary/aromatic N) is 1. The van der Waals surface area contributed by atoms with E-state index in [4.69, 9.17) is 5.11 Å². The fraction of sp³-hybridized carbons (Fsp3) is 0.625. The summed E-state index contributed by atoms with van der Waals surface area (Å²) in [5, 5.41) is 8.35. The molecule has 1 aliphatic heterocycles. The van der Waals surface area contributed by atoms with E-state index in [9.17, 15) is 9.18 Å². The number of carboxylic acid groups (broad SMARTS) is 1. The molecule has 0 atom stereocenters. The third-order valence-corrected chi connectivity index (χ3v) is 2.09. The van der Waals surface area contributed by atoms with Gasteiger partial charge in [0.25, 0.3) is 0 Å². The number of rotatable bonds is 1. The quantitative estimate of drug-likeness (QED) is 0.602. The molecule has 0 amide bonds. The number of hydrogen-bond acceptors (Lipinski definition) is 2. The van der Waals surface area contributed by atoms with Gasteiger partial charge in [0.2, 0.25) is 5.83 Å². The first kappa shape index (κ1) is 9.19. The number of carboxylic acids is 1. The van der Waals surface area contributed by atoms with Crippen molar-refractivity contribution in [2.24, 2.45) is 0 Å². The summed E-state index contributed by atoms with van der Waals surface area (Å²) in [7, 11) is 1.94. The molecule has 1 heterocycles. The van der Waals surface area contributed by atoms with E-state index in [2.05, 4.69) is 4.90 Å². The van der Waals surface area contributed by atoms with E-state index >= 15 is 0 Å². The Balaban J connectivity index is 2.64. The van der Waals surface area contributed by atoms with Crippen LogP contribution in [0, 0.1) is 0 Å². The van der Waals surface area contributed by atoms with Crippen molar-refractivity contribution in [3.05, 3.63) is 11.4 Å². The lowest BCUT2D eigenvalue weighted by atomic mass is 10.0. The molecule has 68 valence electrons. The van der Waals surface area contributed by atoms with E-state index < -0.39 is 11.8 Å². The van der Waals surface area contributed by atoms with Gasteiger partial charge in [0.05, 0.1) is 0 Å². The first-order chi connectivity index (χ1) is 5.61. The fourth-order valence-corrected chi connectivity index (χ4v) is 1.26. The molecule has 0 bridgehead atoms. The van der Waals surface area contributed by atoms with E-state index in [1.807, 2.05) is 7.05 Å². The number of halogens is 1. The van der Waals surface area contributed by atoms with E-state index in [1.54, 1.807) is 0 Å². The molecule has 0 aromatic carbocycles. The largest absolute Gasteiger partial charge is 0.476 e. The molecule has 4 heteroatoms. The Labute approximate surface area is 70.5 Å². The van der Waals surface area contributed by atoms with Gasteiger partial charge in [0.15, 0.2) is 0 Å². The Kier molecular flexibility index (Phi) is 2.81. The number of carbonyl (C=O) groups is 1. The van der Waals surface area contributed by atoms with Crippen LogP contribution in [-0.4, -0.2) is 36.1 Å². The zero-order valence-corrected chi connectivity index (χ0v) is 7.01. The summed E-state index contributed by atoms with van der Waals surface area (Å²) in [5.41, 5.74) is 0.445. The van der Waals surface area contributed by atoms with Crippen LogP contribution in [0.2, 0.25) is 0 Å². The third-order valence-electron chi connectivity index (χ3n) is 2.09. The highest BCUT2D eigenvalue weighted by Gasteiger charge is 2.18. The molecule has 0 radical (unpaired) electrons. The maximum atomic E-state index is 12.8. The van der Waals surface area contributed by atoms with Crippen LogP contribution in [-0.2, 0) is 4.79 Å². The topological polar surface area (TPSA) is 40.5 Å². The number of likely N-dealkylation sites (tertiary alicyclic amines) is 1. The molecular formula is C8H12FNO2. The van der Waals surface area contributed by atoms with Crippen molar-refractivity contribution >= 4 is 5.97 Å². The van der Waals surface area contributed by atoms with Crippen LogP contribution in [0.4, 0.5) is 4.39 Å². The predicted molar refractivity (Wildman–Crippen MR) is 42.5 cm³/mol. The van der Waals surface area contributed by atoms with Crippen LogP contribution < -0.4 is 0 Å². The Morgan fingerprint density at radius 2 is 2.00 bits per heavy atom. The van der Waals surface area contributed by atoms with Crippen LogP contribution in [0.5, 0.6) is 0 Å². The summed E-state index contributed by atoms with van der Waals surface area (Å²) < 4.78 is 12.8. The van der Waals surface area contributed by atoms with Crippen molar-refractivity contribution in [2.45, 2.75) is 12.8 Å². The van der Waals surface area contributed by atoms with Gasteiger partial charge in [-0.25, -0.2) is 4.79 Å². The summed E-state index contributed by atoms with van der Waals surface area (Å²) in [6.07, 6.45) is 1.07. The minimum atomic E-state index is -1.44. The van der Waals surface area contributed by atoms with Gasteiger partial charge >= 0.3 is 5.97 Å². The van der Waals surface area contributed by atoms with Crippen LogP contribution >= 0.6 is 0 Å². The number of piperidine rings is 1. The Morgan fingerprint density at radius 3 is 2.42 bits per heavy atom. The maximum absolute atomic E-state index is 12.8. The zero-order valence-electron chi connectivity index (χ0n) is 7.01. The van der Waals surface area contributed by atoms with Gasteiger partial charge < -0.3 is 10.0 Å². The van der Waals surface area contributed by atoms with E-state index in [-0.39, 0.29) is 0 Å². The SMILES string of the molecule is CN1CCC(=C(F)C(=O)O)CC1. The second-order valence-corrected chi connectivity index (χ2v) is 3.03. The molecule has 12 heavy (non-hydrogen) atoms. The van der Waals surface area contributed by atoms with Crippen molar-refractivity contribution < 1.29 is 14.3 Å². The highest BCUT2D eigenvalue weighted by Crippen LogP contribution is 2.19. The second-order valence-electron chi connectivity index (χ2n) is 3.03. The summed E-state index contributed by atoms with van der Waals surface area (Å²) >= 11 is 0. The van der Waals surface area contributed by atoms with Crippen LogP contribution in [0.1, 0.15) is 12.8 Å². The molecule has 0 spiro atoms. The highest BCUT2D eigenvalue weighted by molar-refractivity contribution is 5.84. The van der Waals surface area contributed by atoms with E-state index in [1.165, 1.54) is 0 Å². The van der Waals surface area contributed by atoms with Crippen molar-refractivity contribution in [3.63, 3.8) is 0 Å². The lowest BCUT2D eigenvalue weighted by molar-refractivity contribution is -0.134. The third kappa shape index (κ3) is 2.04. The number of hydrogen-bond donors (Lipinski definition) is 1. The van der Waals surface area contributed by atoms with Gasteiger partial charge in [-0.15, -0.1) is 0 Å². The average Bonchev–Trinajstić information content (AvgIpc) is 2.04. The molecular weight excluding hydrogens is 161 g/mol. The average molecular weight is 173 g/mol. The standard InChI is InChI=1S/C8H12FNO2/c1-10-4-2-6(3-5-10)7(9)8(11)12/h2-5H2,1H3,(H,11,12). The molecule has 1 aliphatic rings. The van der Waals surface area contributed by atoms with Crippen LogP contribution in [0.25, 0.3) is 0 Å². The normalized spacial score (nSPS) is 19.3. The van der Waals surface area contributed by atoms with Gasteiger partial charge in [-0.3, -0.25) is 0 Å². The summed E-state index contributed by atoms with van der Waals surface area (Å²) in [4.78, 5) is 12.3. The van der Waals surface area contributed by atoms with Gasteiger partial charge in [0.1, 0.15) is 0 Å². The Morgan fingerprint density at radius 1 is 1.50 bits per heavy atom. The molecule has 0 saturated carbocycles. The minimum Gasteiger partial charge on any atom is -0.476 e. The lowest BCUT2D eigenvalue weighted by Gasteiger charge is -2.23. The Bertz CT molecular complexity index is 215. The van der Waals surface area contributed by atoms with Gasteiger partial charge in [-0.2, -0.15) is 4.39 Å².